The molecule has 6 aliphatic rings. The van der Waals surface area contributed by atoms with Gasteiger partial charge in [0.05, 0.1) is 48.8 Å². The first kappa shape index (κ1) is 49.9. The molecule has 18 atom stereocenters. The molecular weight excluding hydrogens is 844 g/mol. The van der Waals surface area contributed by atoms with Gasteiger partial charge in [0.15, 0.2) is 12.6 Å². The number of rotatable bonds is 15. The smallest absolute Gasteiger partial charge is 0.330 e. The van der Waals surface area contributed by atoms with Gasteiger partial charge in [0, 0.05) is 32.6 Å². The summed E-state index contributed by atoms with van der Waals surface area (Å²) in [5, 5.41) is 106. The first-order chi connectivity index (χ1) is 30.0. The number of carboxylic acids is 1. The zero-order valence-corrected chi connectivity index (χ0v) is 35.2. The standard InChI is InChI=1S/C41H64O22/c1-55-24-9-18(10-25(56-2)32(24)48)39-26(61-41-38(54)36(52)33(49)27(63-41)15-57-30(46)8-5-17-3-6-19(42)7-4-17)13-21-22(59-39)11-20(43)12-23(21)60-40-37(53)35(51)34(50)28(62-40)16-58-31(47)14-29(44)45/h5,8,17-28,32-43,48-54H,3-4,6-7,9-16H2,1-2H3,(H,44,45)/t17?,18?,19?,20?,21?,22?,23?,24?,25?,26?,27-,28-,32?,33-,34-,35+,36+,37-,38-,39?,40-,41-/m1/s1. The van der Waals surface area contributed by atoms with Crippen LogP contribution >= 0.6 is 0 Å². The van der Waals surface area contributed by atoms with Crippen LogP contribution in [0.3, 0.4) is 0 Å². The van der Waals surface area contributed by atoms with Gasteiger partial charge >= 0.3 is 17.9 Å². The van der Waals surface area contributed by atoms with Crippen LogP contribution in [-0.4, -0.2) is 213 Å². The van der Waals surface area contributed by atoms with Crippen LogP contribution in [0.25, 0.3) is 0 Å². The molecule has 22 heteroatoms. The van der Waals surface area contributed by atoms with E-state index in [4.69, 9.17) is 47.7 Å². The van der Waals surface area contributed by atoms with Crippen LogP contribution in [0.1, 0.15) is 64.2 Å². The summed E-state index contributed by atoms with van der Waals surface area (Å²) in [5.41, 5.74) is 0. The van der Waals surface area contributed by atoms with E-state index in [0.29, 0.717) is 25.7 Å². The van der Waals surface area contributed by atoms with E-state index in [1.807, 2.05) is 0 Å². The van der Waals surface area contributed by atoms with E-state index in [1.165, 1.54) is 20.3 Å². The van der Waals surface area contributed by atoms with Gasteiger partial charge in [-0.3, -0.25) is 9.59 Å². The van der Waals surface area contributed by atoms with Crippen LogP contribution in [0.2, 0.25) is 0 Å². The van der Waals surface area contributed by atoms with Gasteiger partial charge in [-0.2, -0.15) is 0 Å². The summed E-state index contributed by atoms with van der Waals surface area (Å²) < 4.78 is 52.7. The Balaban J connectivity index is 1.20. The van der Waals surface area contributed by atoms with Crippen molar-refractivity contribution in [1.29, 1.82) is 0 Å². The molecule has 3 saturated heterocycles. The van der Waals surface area contributed by atoms with Gasteiger partial charge in [0.1, 0.15) is 74.6 Å². The number of aliphatic hydroxyl groups excluding tert-OH is 9. The summed E-state index contributed by atoms with van der Waals surface area (Å²) in [6.07, 6.45) is -18.8. The number of allylic oxidation sites excluding steroid dienone is 1. The molecule has 6 fully saturated rings. The molecule has 0 aromatic carbocycles. The lowest BCUT2D eigenvalue weighted by Gasteiger charge is -2.53. The molecule has 3 aliphatic heterocycles. The van der Waals surface area contributed by atoms with E-state index in [1.54, 1.807) is 6.08 Å². The number of fused-ring (bicyclic) bond motifs is 1. The second-order valence-electron chi connectivity index (χ2n) is 17.6. The lowest BCUT2D eigenvalue weighted by atomic mass is 9.72. The van der Waals surface area contributed by atoms with Crippen molar-refractivity contribution in [2.45, 2.75) is 181 Å². The van der Waals surface area contributed by atoms with Gasteiger partial charge in [0.25, 0.3) is 0 Å². The minimum absolute atomic E-state index is 0.0312. The number of methoxy groups -OCH3 is 2. The second-order valence-corrected chi connectivity index (χ2v) is 17.6. The topological polar surface area (TPSA) is 337 Å². The van der Waals surface area contributed by atoms with E-state index < -0.39 is 160 Å². The lowest BCUT2D eigenvalue weighted by molar-refractivity contribution is -0.345. The summed E-state index contributed by atoms with van der Waals surface area (Å²) in [5.74, 6) is -4.32. The normalized spacial score (nSPS) is 45.9. The summed E-state index contributed by atoms with van der Waals surface area (Å²) in [6, 6.07) is 0. The molecule has 10 N–H and O–H groups in total. The SMILES string of the molecule is COC1CC(C2OC3CC(O)CC(O[C@@H]4O[C@H](COC(=O)CC(=O)O)[C@@H](O)[C@H](O)[C@H]4O)C3CC2O[C@@H]2O[C@H](COC(=O)C=CC3CCC(O)CC3)[C@@H](O)[C@H](O)[C@H]2O)CC(OC)C1O. The highest BCUT2D eigenvalue weighted by molar-refractivity contribution is 5.90. The molecule has 22 nitrogen and oxygen atoms in total. The second kappa shape index (κ2) is 22.3. The Morgan fingerprint density at radius 2 is 1.14 bits per heavy atom. The van der Waals surface area contributed by atoms with Crippen molar-refractivity contribution >= 4 is 17.9 Å². The zero-order chi connectivity index (χ0) is 45.7. The van der Waals surface area contributed by atoms with Crippen LogP contribution in [0.15, 0.2) is 12.2 Å². The third kappa shape index (κ3) is 12.3. The number of hydrogen-bond acceptors (Lipinski definition) is 21. The number of hydrogen-bond donors (Lipinski definition) is 10. The molecule has 6 rings (SSSR count). The monoisotopic (exact) mass is 908 g/mol. The highest BCUT2D eigenvalue weighted by atomic mass is 16.7. The number of carboxylic acid groups (broad SMARTS) is 1. The molecule has 8 unspecified atom stereocenters. The van der Waals surface area contributed by atoms with Gasteiger partial charge in [0.2, 0.25) is 0 Å². The van der Waals surface area contributed by atoms with Gasteiger partial charge in [-0.05, 0) is 63.2 Å². The number of ether oxygens (including phenoxy) is 9. The van der Waals surface area contributed by atoms with Crippen molar-refractivity contribution in [3.05, 3.63) is 12.2 Å². The summed E-state index contributed by atoms with van der Waals surface area (Å²) >= 11 is 0. The number of carbonyl (C=O) groups excluding carboxylic acids is 2. The van der Waals surface area contributed by atoms with E-state index in [9.17, 15) is 60.3 Å². The highest BCUT2D eigenvalue weighted by Crippen LogP contribution is 2.45. The Morgan fingerprint density at radius 3 is 1.70 bits per heavy atom. The fourth-order valence-electron chi connectivity index (χ4n) is 9.78. The molecule has 3 saturated carbocycles. The highest BCUT2D eigenvalue weighted by Gasteiger charge is 2.55. The first-order valence-corrected chi connectivity index (χ1v) is 21.7. The fourth-order valence-corrected chi connectivity index (χ4v) is 9.78. The van der Waals surface area contributed by atoms with Crippen LogP contribution in [0, 0.1) is 17.8 Å². The molecule has 0 radical (unpaired) electrons. The average molecular weight is 909 g/mol. The maximum atomic E-state index is 12.7. The van der Waals surface area contributed by atoms with E-state index in [0.717, 1.165) is 0 Å². The Hall–Kier alpha value is -2.49. The maximum absolute atomic E-state index is 12.7. The summed E-state index contributed by atoms with van der Waals surface area (Å²) in [6.45, 7) is -1.21. The van der Waals surface area contributed by atoms with Crippen molar-refractivity contribution in [3.8, 4) is 0 Å². The van der Waals surface area contributed by atoms with Crippen molar-refractivity contribution in [3.63, 3.8) is 0 Å². The molecule has 0 spiro atoms. The molecule has 63 heavy (non-hydrogen) atoms. The Morgan fingerprint density at radius 1 is 0.587 bits per heavy atom. The molecule has 360 valence electrons. The molecule has 0 aromatic heterocycles. The Labute approximate surface area is 363 Å². The fraction of sp³-hybridized carbons (Fsp3) is 0.878. The van der Waals surface area contributed by atoms with Crippen molar-refractivity contribution in [2.75, 3.05) is 27.4 Å². The molecule has 0 aromatic rings. The van der Waals surface area contributed by atoms with Crippen molar-refractivity contribution in [1.82, 2.24) is 0 Å². The van der Waals surface area contributed by atoms with Crippen LogP contribution in [0.5, 0.6) is 0 Å². The van der Waals surface area contributed by atoms with Crippen molar-refractivity contribution in [2.24, 2.45) is 17.8 Å². The maximum Gasteiger partial charge on any atom is 0.330 e. The molecular formula is C41H64O22. The molecule has 0 amide bonds. The van der Waals surface area contributed by atoms with Gasteiger partial charge in [-0.25, -0.2) is 4.79 Å². The predicted octanol–water partition coefficient (Wildman–Crippen LogP) is -3.23. The first-order valence-electron chi connectivity index (χ1n) is 21.7. The summed E-state index contributed by atoms with van der Waals surface area (Å²) in [7, 11) is 2.89. The minimum atomic E-state index is -1.86. The Kier molecular flexibility index (Phi) is 17.7. The predicted molar refractivity (Wildman–Crippen MR) is 207 cm³/mol. The van der Waals surface area contributed by atoms with Crippen LogP contribution < -0.4 is 0 Å². The minimum Gasteiger partial charge on any atom is -0.481 e. The number of esters is 2. The van der Waals surface area contributed by atoms with Gasteiger partial charge < -0.3 is 93.7 Å². The third-order valence-electron chi connectivity index (χ3n) is 13.4. The largest absolute Gasteiger partial charge is 0.481 e. The molecule has 3 aliphatic carbocycles. The number of aliphatic hydroxyl groups is 9. The average Bonchev–Trinajstić information content (AvgIpc) is 3.25. The zero-order valence-electron chi connectivity index (χ0n) is 35.2. The van der Waals surface area contributed by atoms with E-state index in [2.05, 4.69) is 0 Å². The number of aliphatic carboxylic acids is 1. The molecule has 0 bridgehead atoms. The van der Waals surface area contributed by atoms with Crippen LogP contribution in [0.4, 0.5) is 0 Å². The molecule has 3 heterocycles. The quantitative estimate of drug-likeness (QED) is 0.0439. The van der Waals surface area contributed by atoms with Gasteiger partial charge in [-0.1, -0.05) is 6.08 Å². The Bertz CT molecular complexity index is 1510. The lowest BCUT2D eigenvalue weighted by Crippen LogP contribution is -2.64. The van der Waals surface area contributed by atoms with Crippen LogP contribution in [-0.2, 0) is 57.0 Å². The van der Waals surface area contributed by atoms with Gasteiger partial charge in [-0.15, -0.1) is 0 Å². The summed E-state index contributed by atoms with van der Waals surface area (Å²) in [4.78, 5) is 35.5. The van der Waals surface area contributed by atoms with E-state index in [-0.39, 0.29) is 44.1 Å². The van der Waals surface area contributed by atoms with E-state index >= 15 is 0 Å². The van der Waals surface area contributed by atoms with Crippen molar-refractivity contribution < 1.29 is 108 Å². The third-order valence-corrected chi connectivity index (χ3v) is 13.4. The number of carbonyl (C=O) groups is 3.